The minimum atomic E-state index is 0.189. The quantitative estimate of drug-likeness (QED) is 0.661. The van der Waals surface area contributed by atoms with Gasteiger partial charge in [0.1, 0.15) is 5.75 Å². The molecule has 1 saturated carbocycles. The largest absolute Gasteiger partial charge is 0.497 e. The van der Waals surface area contributed by atoms with Gasteiger partial charge < -0.3 is 4.74 Å². The van der Waals surface area contributed by atoms with Gasteiger partial charge in [-0.15, -0.1) is 5.92 Å². The lowest BCUT2D eigenvalue weighted by molar-refractivity contribution is 0.254. The van der Waals surface area contributed by atoms with Crippen molar-refractivity contribution >= 4 is 0 Å². The third-order valence-corrected chi connectivity index (χ3v) is 6.24. The van der Waals surface area contributed by atoms with Crippen LogP contribution in [0.2, 0.25) is 0 Å². The normalized spacial score (nSPS) is 30.9. The molecule has 0 N–H and O–H groups in total. The fraction of sp³-hybridized carbons (Fsp3) is 0.455. The first kappa shape index (κ1) is 14.6. The van der Waals surface area contributed by atoms with E-state index in [0.29, 0.717) is 11.8 Å². The first-order valence-corrected chi connectivity index (χ1v) is 8.70. The highest BCUT2D eigenvalue weighted by molar-refractivity contribution is 5.53. The van der Waals surface area contributed by atoms with Crippen molar-refractivity contribution < 1.29 is 4.74 Å². The molecule has 118 valence electrons. The van der Waals surface area contributed by atoms with Crippen molar-refractivity contribution in [3.8, 4) is 17.6 Å². The molecule has 0 heterocycles. The second kappa shape index (κ2) is 5.31. The van der Waals surface area contributed by atoms with Gasteiger partial charge in [0.15, 0.2) is 0 Å². The third-order valence-electron chi connectivity index (χ3n) is 6.24. The van der Waals surface area contributed by atoms with Crippen LogP contribution < -0.4 is 4.74 Å². The van der Waals surface area contributed by atoms with Crippen LogP contribution in [0.4, 0.5) is 0 Å². The SMILES string of the molecule is CC#CC1=CC=C2C3CCc4cc(OC)ccc4C3CC[C@]12C. The van der Waals surface area contributed by atoms with E-state index in [2.05, 4.69) is 49.1 Å². The molecule has 23 heavy (non-hydrogen) atoms. The Morgan fingerprint density at radius 1 is 1.17 bits per heavy atom. The Hall–Kier alpha value is -1.94. The van der Waals surface area contributed by atoms with Gasteiger partial charge in [-0.2, -0.15) is 0 Å². The summed E-state index contributed by atoms with van der Waals surface area (Å²) in [5.74, 6) is 8.80. The van der Waals surface area contributed by atoms with E-state index in [0.717, 1.165) is 12.2 Å². The number of rotatable bonds is 1. The number of benzene rings is 1. The summed E-state index contributed by atoms with van der Waals surface area (Å²) in [5, 5.41) is 0. The molecule has 1 aromatic rings. The van der Waals surface area contributed by atoms with Crippen LogP contribution in [0.3, 0.4) is 0 Å². The zero-order chi connectivity index (χ0) is 16.0. The molecule has 0 saturated heterocycles. The lowest BCUT2D eigenvalue weighted by Gasteiger charge is -2.46. The van der Waals surface area contributed by atoms with E-state index in [9.17, 15) is 0 Å². The molecule has 1 fully saturated rings. The fourth-order valence-corrected chi connectivity index (χ4v) is 5.01. The molecule has 0 spiro atoms. The van der Waals surface area contributed by atoms with Crippen molar-refractivity contribution in [2.75, 3.05) is 7.11 Å². The van der Waals surface area contributed by atoms with Crippen LogP contribution in [0.1, 0.15) is 50.2 Å². The molecule has 3 atom stereocenters. The van der Waals surface area contributed by atoms with E-state index in [4.69, 9.17) is 4.74 Å². The summed E-state index contributed by atoms with van der Waals surface area (Å²) in [5.41, 5.74) is 6.20. The maximum Gasteiger partial charge on any atom is 0.119 e. The first-order valence-electron chi connectivity index (χ1n) is 8.70. The molecule has 3 aliphatic rings. The van der Waals surface area contributed by atoms with Crippen molar-refractivity contribution in [1.29, 1.82) is 0 Å². The highest BCUT2D eigenvalue weighted by atomic mass is 16.5. The lowest BCUT2D eigenvalue weighted by atomic mass is 9.57. The number of hydrogen-bond donors (Lipinski definition) is 0. The van der Waals surface area contributed by atoms with Crippen molar-refractivity contribution in [1.82, 2.24) is 0 Å². The maximum absolute atomic E-state index is 5.41. The van der Waals surface area contributed by atoms with Crippen LogP contribution >= 0.6 is 0 Å². The number of ether oxygens (including phenoxy) is 1. The molecule has 3 aliphatic carbocycles. The van der Waals surface area contributed by atoms with Gasteiger partial charge in [-0.05, 0) is 73.8 Å². The summed E-state index contributed by atoms with van der Waals surface area (Å²) < 4.78 is 5.41. The topological polar surface area (TPSA) is 9.23 Å². The second-order valence-corrected chi connectivity index (χ2v) is 7.26. The number of aryl methyl sites for hydroxylation is 1. The second-order valence-electron chi connectivity index (χ2n) is 7.26. The monoisotopic (exact) mass is 304 g/mol. The van der Waals surface area contributed by atoms with Crippen LogP contribution in [0.25, 0.3) is 0 Å². The van der Waals surface area contributed by atoms with Crippen LogP contribution in [-0.4, -0.2) is 7.11 Å². The molecule has 2 unspecified atom stereocenters. The smallest absolute Gasteiger partial charge is 0.119 e. The fourth-order valence-electron chi connectivity index (χ4n) is 5.01. The van der Waals surface area contributed by atoms with Gasteiger partial charge in [0.05, 0.1) is 7.11 Å². The molecule has 4 rings (SSSR count). The zero-order valence-corrected chi connectivity index (χ0v) is 14.3. The average molecular weight is 304 g/mol. The van der Waals surface area contributed by atoms with Crippen molar-refractivity contribution in [3.63, 3.8) is 0 Å². The molecule has 0 aromatic heterocycles. The van der Waals surface area contributed by atoms with Gasteiger partial charge in [0, 0.05) is 11.0 Å². The Kier molecular flexibility index (Phi) is 3.38. The summed E-state index contributed by atoms with van der Waals surface area (Å²) in [6.45, 7) is 4.35. The summed E-state index contributed by atoms with van der Waals surface area (Å²) >= 11 is 0. The summed E-state index contributed by atoms with van der Waals surface area (Å²) in [6.07, 6.45) is 9.55. The molecule has 1 nitrogen and oxygen atoms in total. The van der Waals surface area contributed by atoms with Crippen LogP contribution in [0.5, 0.6) is 5.75 Å². The number of methoxy groups -OCH3 is 1. The van der Waals surface area contributed by atoms with E-state index in [1.807, 2.05) is 6.92 Å². The summed E-state index contributed by atoms with van der Waals surface area (Å²) in [7, 11) is 1.75. The van der Waals surface area contributed by atoms with Gasteiger partial charge in [0.25, 0.3) is 0 Å². The van der Waals surface area contributed by atoms with Crippen LogP contribution in [0.15, 0.2) is 41.5 Å². The van der Waals surface area contributed by atoms with Crippen molar-refractivity contribution in [2.24, 2.45) is 11.3 Å². The Bertz CT molecular complexity index is 771. The average Bonchev–Trinajstić information content (AvgIpc) is 2.91. The van der Waals surface area contributed by atoms with Crippen molar-refractivity contribution in [3.05, 3.63) is 52.6 Å². The molecular weight excluding hydrogens is 280 g/mol. The maximum atomic E-state index is 5.41. The van der Waals surface area contributed by atoms with Gasteiger partial charge in [0.2, 0.25) is 0 Å². The molecule has 1 aromatic carbocycles. The Morgan fingerprint density at radius 3 is 2.83 bits per heavy atom. The zero-order valence-electron chi connectivity index (χ0n) is 14.3. The van der Waals surface area contributed by atoms with Gasteiger partial charge in [-0.3, -0.25) is 0 Å². The first-order chi connectivity index (χ1) is 11.2. The van der Waals surface area contributed by atoms with Gasteiger partial charge in [-0.25, -0.2) is 0 Å². The molecule has 0 radical (unpaired) electrons. The predicted octanol–water partition coefficient (Wildman–Crippen LogP) is 5.03. The third kappa shape index (κ3) is 2.08. The number of allylic oxidation sites excluding steroid dienone is 4. The van der Waals surface area contributed by atoms with E-state index in [1.54, 1.807) is 18.2 Å². The molecule has 0 aliphatic heterocycles. The van der Waals surface area contributed by atoms with E-state index < -0.39 is 0 Å². The highest BCUT2D eigenvalue weighted by Gasteiger charge is 2.47. The molecule has 0 bridgehead atoms. The summed E-state index contributed by atoms with van der Waals surface area (Å²) in [6, 6.07) is 6.68. The highest BCUT2D eigenvalue weighted by Crippen LogP contribution is 2.58. The molecular formula is C22H24O. The Morgan fingerprint density at radius 2 is 2.04 bits per heavy atom. The molecule has 1 heteroatoms. The minimum absolute atomic E-state index is 0.189. The van der Waals surface area contributed by atoms with Gasteiger partial charge >= 0.3 is 0 Å². The number of hydrogen-bond acceptors (Lipinski definition) is 1. The van der Waals surface area contributed by atoms with E-state index in [-0.39, 0.29) is 5.41 Å². The van der Waals surface area contributed by atoms with E-state index >= 15 is 0 Å². The molecule has 0 amide bonds. The standard InChI is InChI=1S/C22H24O/c1-4-5-16-7-11-21-20-9-6-15-14-17(23-3)8-10-18(15)19(20)12-13-22(16,21)2/h7-8,10-11,14,19-20H,6,9,12-13H2,1-3H3/t19?,20?,22-/m1/s1. The lowest BCUT2D eigenvalue weighted by Crippen LogP contribution is -2.35. The van der Waals surface area contributed by atoms with Gasteiger partial charge in [-0.1, -0.05) is 30.6 Å². The Balaban J connectivity index is 1.69. The number of fused-ring (bicyclic) bond motifs is 5. The summed E-state index contributed by atoms with van der Waals surface area (Å²) in [4.78, 5) is 0. The predicted molar refractivity (Wildman–Crippen MR) is 94.5 cm³/mol. The minimum Gasteiger partial charge on any atom is -0.497 e. The van der Waals surface area contributed by atoms with Crippen molar-refractivity contribution in [2.45, 2.75) is 45.4 Å². The van der Waals surface area contributed by atoms with E-state index in [1.165, 1.54) is 30.4 Å². The van der Waals surface area contributed by atoms with Crippen LogP contribution in [0, 0.1) is 23.2 Å². The van der Waals surface area contributed by atoms with Crippen LogP contribution in [-0.2, 0) is 6.42 Å². The Labute approximate surface area is 139 Å².